The standard InChI is InChI=1S/3C34H29N2.Ir/c3*1-3-34(4-2)31-23-25(33-17-11-12-22-35-33)18-20-29(31)30-21-19-28(24-32(30)34)36(26-13-7-5-8-14-26)27-15-9-6-10-16-27;/h3*5-17,19-24H,3-4H2,1-2H3;/q3*-1;+3. The zero-order chi connectivity index (χ0) is 73.6. The predicted octanol–water partition coefficient (Wildman–Crippen LogP) is 27.3. The molecule has 6 nitrogen and oxygen atoms in total. The molecule has 3 aromatic heterocycles. The van der Waals surface area contributed by atoms with Gasteiger partial charge in [-0.15, -0.1) is 88.0 Å². The Bertz CT molecular complexity index is 4910. The summed E-state index contributed by atoms with van der Waals surface area (Å²) in [5.41, 5.74) is 32.7. The van der Waals surface area contributed by atoms with Gasteiger partial charge >= 0.3 is 20.1 Å². The van der Waals surface area contributed by atoms with Gasteiger partial charge in [-0.2, -0.15) is 0 Å². The first kappa shape index (κ1) is 72.7. The quantitative estimate of drug-likeness (QED) is 0.0798. The summed E-state index contributed by atoms with van der Waals surface area (Å²) in [5, 5.41) is 0. The summed E-state index contributed by atoms with van der Waals surface area (Å²) in [4.78, 5) is 20.8. The van der Waals surface area contributed by atoms with Crippen LogP contribution in [0.25, 0.3) is 67.2 Å². The van der Waals surface area contributed by atoms with Crippen molar-refractivity contribution in [2.24, 2.45) is 0 Å². The molecule has 0 radical (unpaired) electrons. The second-order valence-corrected chi connectivity index (χ2v) is 28.2. The van der Waals surface area contributed by atoms with Crippen LogP contribution < -0.4 is 14.7 Å². The zero-order valence-corrected chi connectivity index (χ0v) is 65.1. The van der Waals surface area contributed by atoms with Crippen molar-refractivity contribution < 1.29 is 20.1 Å². The van der Waals surface area contributed by atoms with Gasteiger partial charge in [0.15, 0.2) is 0 Å². The molecule has 3 aliphatic rings. The molecule has 0 unspecified atom stereocenters. The molecular weight excluding hydrogens is 1500 g/mol. The molecule has 0 atom stereocenters. The van der Waals surface area contributed by atoms with E-state index in [1.807, 2.05) is 55.0 Å². The van der Waals surface area contributed by atoms with E-state index in [1.54, 1.807) is 0 Å². The molecule has 534 valence electrons. The molecule has 0 spiro atoms. The van der Waals surface area contributed by atoms with Gasteiger partial charge < -0.3 is 29.7 Å². The molecule has 3 aliphatic carbocycles. The molecule has 0 amide bonds. The molecule has 0 fully saturated rings. The van der Waals surface area contributed by atoms with Gasteiger partial charge in [-0.3, -0.25) is 0 Å². The minimum absolute atomic E-state index is 0. The van der Waals surface area contributed by atoms with Crippen LogP contribution in [-0.4, -0.2) is 15.0 Å². The third-order valence-corrected chi connectivity index (χ3v) is 23.1. The zero-order valence-electron chi connectivity index (χ0n) is 62.7. The molecule has 3 heterocycles. The van der Waals surface area contributed by atoms with Crippen LogP contribution in [0.2, 0.25) is 0 Å². The molecule has 12 aromatic carbocycles. The van der Waals surface area contributed by atoms with E-state index in [0.29, 0.717) is 0 Å². The minimum atomic E-state index is -0.0433. The minimum Gasteiger partial charge on any atom is -0.310 e. The van der Waals surface area contributed by atoms with E-state index in [0.717, 1.165) is 106 Å². The average Bonchev–Trinajstić information content (AvgIpc) is 1.58. The first-order valence-electron chi connectivity index (χ1n) is 38.3. The Labute approximate surface area is 657 Å². The van der Waals surface area contributed by atoms with Crippen molar-refractivity contribution in [3.63, 3.8) is 0 Å². The van der Waals surface area contributed by atoms with Gasteiger partial charge in [-0.25, -0.2) is 0 Å². The van der Waals surface area contributed by atoms with E-state index in [4.69, 9.17) is 0 Å². The van der Waals surface area contributed by atoms with Crippen LogP contribution in [0, 0.1) is 18.2 Å². The number of fused-ring (bicyclic) bond motifs is 9. The average molecular weight is 1590 g/mol. The van der Waals surface area contributed by atoms with Gasteiger partial charge in [0.1, 0.15) is 0 Å². The maximum atomic E-state index is 4.59. The second kappa shape index (κ2) is 31.9. The first-order chi connectivity index (χ1) is 53.2. The smallest absolute Gasteiger partial charge is 0.310 e. The molecule has 18 rings (SSSR count). The van der Waals surface area contributed by atoms with Crippen LogP contribution in [-0.2, 0) is 36.4 Å². The van der Waals surface area contributed by atoms with Gasteiger partial charge in [-0.05, 0) is 200 Å². The summed E-state index contributed by atoms with van der Waals surface area (Å²) in [7, 11) is 0. The van der Waals surface area contributed by atoms with Crippen molar-refractivity contribution in [2.75, 3.05) is 14.7 Å². The van der Waals surface area contributed by atoms with Crippen LogP contribution in [0.5, 0.6) is 0 Å². The van der Waals surface area contributed by atoms with E-state index < -0.39 is 0 Å². The van der Waals surface area contributed by atoms with E-state index in [1.165, 1.54) is 83.8 Å². The number of rotatable bonds is 18. The van der Waals surface area contributed by atoms with Gasteiger partial charge in [0.25, 0.3) is 0 Å². The van der Waals surface area contributed by atoms with Gasteiger partial charge in [0, 0.05) is 86.0 Å². The van der Waals surface area contributed by atoms with Crippen LogP contribution in [0.4, 0.5) is 51.2 Å². The molecule has 15 aromatic rings. The predicted molar refractivity (Wildman–Crippen MR) is 450 cm³/mol. The first-order valence-corrected chi connectivity index (χ1v) is 38.3. The fourth-order valence-electron chi connectivity index (χ4n) is 17.5. The Hall–Kier alpha value is -11.9. The Kier molecular flexibility index (Phi) is 21.3. The largest absolute Gasteiger partial charge is 3.00 e. The van der Waals surface area contributed by atoms with Crippen LogP contribution in [0.15, 0.2) is 346 Å². The SMILES string of the molecule is CCC1(CC)c2cc(-c3ccccn3)[c-]cc2-c2ccc(N(c3ccccc3)c3ccccc3)cc21.CCC1(CC)c2cc(-c3ccccn3)[c-]cc2-c2ccc(N(c3ccccc3)c3ccccc3)cc21.CCC1(CC)c2cc(-c3ccccn3)[c-]cc2-c2ccc(N(c3ccccc3)c3ccccc3)cc21.[Ir+3]. The number of nitrogens with zero attached hydrogens (tertiary/aromatic N) is 6. The van der Waals surface area contributed by atoms with Crippen molar-refractivity contribution in [1.29, 1.82) is 0 Å². The van der Waals surface area contributed by atoms with Gasteiger partial charge in [0.2, 0.25) is 0 Å². The van der Waals surface area contributed by atoms with E-state index in [9.17, 15) is 0 Å². The Morgan fingerprint density at radius 1 is 0.229 bits per heavy atom. The Balaban J connectivity index is 0.000000130. The summed E-state index contributed by atoms with van der Waals surface area (Å²) < 4.78 is 0. The summed E-state index contributed by atoms with van der Waals surface area (Å²) in [5.74, 6) is 0. The number of para-hydroxylation sites is 6. The monoisotopic (exact) mass is 1590 g/mol. The van der Waals surface area contributed by atoms with Crippen LogP contribution >= 0.6 is 0 Å². The third kappa shape index (κ3) is 13.4. The molecule has 0 saturated heterocycles. The summed E-state index contributed by atoms with van der Waals surface area (Å²) in [6.45, 7) is 13.9. The molecule has 0 N–H and O–H groups in total. The number of anilines is 9. The van der Waals surface area contributed by atoms with Crippen molar-refractivity contribution in [2.45, 2.75) is 96.3 Å². The van der Waals surface area contributed by atoms with Crippen molar-refractivity contribution >= 4 is 51.2 Å². The molecule has 0 saturated carbocycles. The van der Waals surface area contributed by atoms with Crippen LogP contribution in [0.1, 0.15) is 113 Å². The fourth-order valence-corrected chi connectivity index (χ4v) is 17.5. The van der Waals surface area contributed by atoms with E-state index >= 15 is 0 Å². The molecule has 0 bridgehead atoms. The normalized spacial score (nSPS) is 13.0. The maximum Gasteiger partial charge on any atom is 3.00 e. The molecule has 0 aliphatic heterocycles. The van der Waals surface area contributed by atoms with Gasteiger partial charge in [-0.1, -0.05) is 239 Å². The number of pyridine rings is 3. The Morgan fingerprint density at radius 3 is 0.642 bits per heavy atom. The Morgan fingerprint density at radius 2 is 0.440 bits per heavy atom. The van der Waals surface area contributed by atoms with Crippen molar-refractivity contribution in [3.8, 4) is 67.2 Å². The number of hydrogen-bond acceptors (Lipinski definition) is 6. The fraction of sp³-hybridized carbons (Fsp3) is 0.147. The van der Waals surface area contributed by atoms with E-state index in [2.05, 4.69) is 381 Å². The summed E-state index contributed by atoms with van der Waals surface area (Å²) in [6.07, 6.45) is 11.8. The molecule has 7 heteroatoms. The molecular formula is C102H87IrN6. The van der Waals surface area contributed by atoms with Crippen molar-refractivity contribution in [3.05, 3.63) is 398 Å². The topological polar surface area (TPSA) is 48.4 Å². The van der Waals surface area contributed by atoms with E-state index in [-0.39, 0.29) is 36.4 Å². The number of hydrogen-bond donors (Lipinski definition) is 0. The maximum absolute atomic E-state index is 4.59. The third-order valence-electron chi connectivity index (χ3n) is 23.1. The molecule has 109 heavy (non-hydrogen) atoms. The number of benzene rings is 12. The second-order valence-electron chi connectivity index (χ2n) is 28.2. The summed E-state index contributed by atoms with van der Waals surface area (Å²) >= 11 is 0. The van der Waals surface area contributed by atoms with Crippen LogP contribution in [0.3, 0.4) is 0 Å². The summed E-state index contributed by atoms with van der Waals surface area (Å²) in [6, 6.07) is 127. The van der Waals surface area contributed by atoms with Crippen molar-refractivity contribution in [1.82, 2.24) is 15.0 Å². The number of aromatic nitrogens is 3. The van der Waals surface area contributed by atoms with Gasteiger partial charge in [0.05, 0.1) is 0 Å².